The van der Waals surface area contributed by atoms with Gasteiger partial charge >= 0.3 is 5.63 Å². The van der Waals surface area contributed by atoms with E-state index in [1.807, 2.05) is 47.0 Å². The second kappa shape index (κ2) is 8.64. The SMILES string of the molecule is C=CCn1c(=NC(=O)c2cc3c(ccc4ccccc43)oc2=O)sc2cc(OC)c(OC)cc21. The van der Waals surface area contributed by atoms with Gasteiger partial charge in [-0.2, -0.15) is 4.99 Å². The van der Waals surface area contributed by atoms with Crippen molar-refractivity contribution in [3.05, 3.63) is 88.0 Å². The van der Waals surface area contributed by atoms with Gasteiger partial charge in [0.1, 0.15) is 11.1 Å². The Labute approximate surface area is 197 Å². The number of hydrogen-bond acceptors (Lipinski definition) is 6. The van der Waals surface area contributed by atoms with E-state index in [-0.39, 0.29) is 5.56 Å². The molecule has 7 nitrogen and oxygen atoms in total. The summed E-state index contributed by atoms with van der Waals surface area (Å²) < 4.78 is 19.0. The fraction of sp³-hybridized carbons (Fsp3) is 0.115. The number of allylic oxidation sites excluding steroid dienone is 1. The Balaban J connectivity index is 1.71. The zero-order valence-electron chi connectivity index (χ0n) is 18.5. The monoisotopic (exact) mass is 472 g/mol. The third-order valence-corrected chi connectivity index (χ3v) is 6.61. The van der Waals surface area contributed by atoms with Crippen molar-refractivity contribution in [2.45, 2.75) is 6.54 Å². The van der Waals surface area contributed by atoms with Crippen molar-refractivity contribution in [2.24, 2.45) is 4.99 Å². The Morgan fingerprint density at radius 1 is 1.09 bits per heavy atom. The third kappa shape index (κ3) is 3.58. The van der Waals surface area contributed by atoms with Gasteiger partial charge in [-0.1, -0.05) is 47.7 Å². The highest BCUT2D eigenvalue weighted by molar-refractivity contribution is 7.16. The molecule has 0 aliphatic rings. The highest BCUT2D eigenvalue weighted by Gasteiger charge is 2.17. The quantitative estimate of drug-likeness (QED) is 0.206. The summed E-state index contributed by atoms with van der Waals surface area (Å²) in [5.41, 5.74) is 0.381. The lowest BCUT2D eigenvalue weighted by molar-refractivity contribution is 0.0994. The van der Waals surface area contributed by atoms with Gasteiger partial charge in [0, 0.05) is 24.1 Å². The molecule has 2 aromatic heterocycles. The largest absolute Gasteiger partial charge is 0.493 e. The molecule has 5 aromatic rings. The molecular weight excluding hydrogens is 452 g/mol. The minimum atomic E-state index is -0.726. The van der Waals surface area contributed by atoms with Crippen LogP contribution >= 0.6 is 11.3 Å². The number of rotatable bonds is 5. The first-order chi connectivity index (χ1) is 16.5. The Hall–Kier alpha value is -4.17. The summed E-state index contributed by atoms with van der Waals surface area (Å²) in [7, 11) is 3.12. The van der Waals surface area contributed by atoms with Gasteiger partial charge in [0.15, 0.2) is 16.3 Å². The zero-order valence-corrected chi connectivity index (χ0v) is 19.3. The number of aromatic nitrogens is 1. The van der Waals surface area contributed by atoms with Crippen LogP contribution in [-0.2, 0) is 6.54 Å². The van der Waals surface area contributed by atoms with E-state index in [9.17, 15) is 9.59 Å². The molecule has 0 spiro atoms. The van der Waals surface area contributed by atoms with Gasteiger partial charge < -0.3 is 18.5 Å². The molecule has 8 heteroatoms. The lowest BCUT2D eigenvalue weighted by Crippen LogP contribution is -2.19. The number of thiazole rings is 1. The molecular formula is C26H20N2O5S. The number of carbonyl (C=O) groups excluding carboxylic acids is 1. The highest BCUT2D eigenvalue weighted by atomic mass is 32.1. The Morgan fingerprint density at radius 3 is 2.62 bits per heavy atom. The fourth-order valence-corrected chi connectivity index (χ4v) is 5.00. The van der Waals surface area contributed by atoms with E-state index in [4.69, 9.17) is 13.9 Å². The van der Waals surface area contributed by atoms with Gasteiger partial charge in [-0.25, -0.2) is 4.79 Å². The van der Waals surface area contributed by atoms with E-state index in [1.165, 1.54) is 11.3 Å². The predicted molar refractivity (Wildman–Crippen MR) is 133 cm³/mol. The number of hydrogen-bond donors (Lipinski definition) is 0. The van der Waals surface area contributed by atoms with Gasteiger partial charge in [0.05, 0.1) is 24.4 Å². The van der Waals surface area contributed by atoms with E-state index in [1.54, 1.807) is 32.4 Å². The maximum absolute atomic E-state index is 13.2. The van der Waals surface area contributed by atoms with Crippen molar-refractivity contribution in [1.29, 1.82) is 0 Å². The second-order valence-electron chi connectivity index (χ2n) is 7.52. The van der Waals surface area contributed by atoms with Crippen LogP contribution in [0.5, 0.6) is 11.5 Å². The molecule has 0 saturated heterocycles. The van der Waals surface area contributed by atoms with E-state index < -0.39 is 11.5 Å². The summed E-state index contributed by atoms with van der Waals surface area (Å²) in [5.74, 6) is 0.458. The van der Waals surface area contributed by atoms with Crippen LogP contribution in [0, 0.1) is 0 Å². The molecule has 0 saturated carbocycles. The molecule has 34 heavy (non-hydrogen) atoms. The molecule has 0 unspecified atom stereocenters. The van der Waals surface area contributed by atoms with E-state index in [2.05, 4.69) is 11.6 Å². The van der Waals surface area contributed by atoms with Crippen molar-refractivity contribution >= 4 is 49.2 Å². The summed E-state index contributed by atoms with van der Waals surface area (Å²) >= 11 is 1.31. The Kier molecular flexibility index (Phi) is 5.51. The summed E-state index contributed by atoms with van der Waals surface area (Å²) in [5, 5.41) is 2.55. The number of amides is 1. The molecule has 0 aliphatic heterocycles. The minimum Gasteiger partial charge on any atom is -0.493 e. The summed E-state index contributed by atoms with van der Waals surface area (Å²) in [6, 6.07) is 16.5. The lowest BCUT2D eigenvalue weighted by Gasteiger charge is -2.08. The molecule has 0 atom stereocenters. The predicted octanol–water partition coefficient (Wildman–Crippen LogP) is 4.91. The van der Waals surface area contributed by atoms with Gasteiger partial charge in [0.25, 0.3) is 5.91 Å². The number of carbonyl (C=O) groups is 1. The van der Waals surface area contributed by atoms with Crippen molar-refractivity contribution < 1.29 is 18.7 Å². The lowest BCUT2D eigenvalue weighted by atomic mass is 10.0. The Morgan fingerprint density at radius 2 is 1.85 bits per heavy atom. The van der Waals surface area contributed by atoms with E-state index in [0.717, 1.165) is 21.0 Å². The highest BCUT2D eigenvalue weighted by Crippen LogP contribution is 2.33. The molecule has 0 radical (unpaired) electrons. The van der Waals surface area contributed by atoms with Gasteiger partial charge in [0.2, 0.25) is 0 Å². The smallest absolute Gasteiger partial charge is 0.349 e. The van der Waals surface area contributed by atoms with Crippen LogP contribution in [-0.4, -0.2) is 24.7 Å². The molecule has 0 N–H and O–H groups in total. The molecule has 2 heterocycles. The number of benzene rings is 3. The number of nitrogens with zero attached hydrogens (tertiary/aromatic N) is 2. The van der Waals surface area contributed by atoms with Crippen LogP contribution in [0.15, 0.2) is 81.5 Å². The van der Waals surface area contributed by atoms with Crippen LogP contribution in [0.1, 0.15) is 10.4 Å². The van der Waals surface area contributed by atoms with Crippen LogP contribution in [0.4, 0.5) is 0 Å². The van der Waals surface area contributed by atoms with Gasteiger partial charge in [-0.05, 0) is 22.9 Å². The van der Waals surface area contributed by atoms with Crippen LogP contribution in [0.3, 0.4) is 0 Å². The molecule has 5 rings (SSSR count). The molecule has 170 valence electrons. The van der Waals surface area contributed by atoms with Crippen molar-refractivity contribution in [1.82, 2.24) is 4.57 Å². The standard InChI is InChI=1S/C26H20N2O5S/c1-4-11-28-19-13-21(31-2)22(32-3)14-23(19)34-26(28)27-24(29)18-12-17-16-8-6-5-7-15(16)9-10-20(17)33-25(18)30/h4-10,12-14H,1,11H2,2-3H3. The minimum absolute atomic E-state index is 0.123. The normalized spacial score (nSPS) is 11.9. The topological polar surface area (TPSA) is 83.0 Å². The van der Waals surface area contributed by atoms with E-state index in [0.29, 0.717) is 33.8 Å². The molecule has 0 aliphatic carbocycles. The third-order valence-electron chi connectivity index (χ3n) is 5.57. The first-order valence-corrected chi connectivity index (χ1v) is 11.3. The molecule has 3 aromatic carbocycles. The summed E-state index contributed by atoms with van der Waals surface area (Å²) in [6.07, 6.45) is 1.71. The number of ether oxygens (including phenoxy) is 2. The van der Waals surface area contributed by atoms with Crippen molar-refractivity contribution in [2.75, 3.05) is 14.2 Å². The molecule has 0 bridgehead atoms. The number of methoxy groups -OCH3 is 2. The van der Waals surface area contributed by atoms with Crippen molar-refractivity contribution in [3.63, 3.8) is 0 Å². The molecule has 0 fully saturated rings. The Bertz CT molecular complexity index is 1730. The maximum Gasteiger partial charge on any atom is 0.349 e. The maximum atomic E-state index is 13.2. The zero-order chi connectivity index (χ0) is 23.8. The first kappa shape index (κ1) is 21.7. The molecule has 1 amide bonds. The van der Waals surface area contributed by atoms with E-state index >= 15 is 0 Å². The van der Waals surface area contributed by atoms with Crippen molar-refractivity contribution in [3.8, 4) is 11.5 Å². The fourth-order valence-electron chi connectivity index (χ4n) is 3.96. The van der Waals surface area contributed by atoms with Gasteiger partial charge in [-0.3, -0.25) is 4.79 Å². The average Bonchev–Trinajstić information content (AvgIpc) is 3.18. The average molecular weight is 473 g/mol. The first-order valence-electron chi connectivity index (χ1n) is 10.4. The van der Waals surface area contributed by atoms with Crippen LogP contribution < -0.4 is 19.9 Å². The van der Waals surface area contributed by atoms with Gasteiger partial charge in [-0.15, -0.1) is 6.58 Å². The van der Waals surface area contributed by atoms with Crippen LogP contribution in [0.2, 0.25) is 0 Å². The van der Waals surface area contributed by atoms with Crippen LogP contribution in [0.25, 0.3) is 32.0 Å². The summed E-state index contributed by atoms with van der Waals surface area (Å²) in [6.45, 7) is 4.23. The second-order valence-corrected chi connectivity index (χ2v) is 8.53. The number of fused-ring (bicyclic) bond motifs is 4. The summed E-state index contributed by atoms with van der Waals surface area (Å²) in [4.78, 5) is 30.6.